The molecule has 0 rings (SSSR count). The van der Waals surface area contributed by atoms with Crippen LogP contribution >= 0.6 is 0 Å². The largest absolute Gasteiger partial charge is 0.636 e. The van der Waals surface area contributed by atoms with Gasteiger partial charge in [-0.15, -0.1) is 0 Å². The van der Waals surface area contributed by atoms with Crippen molar-refractivity contribution in [2.24, 2.45) is 0 Å². The Labute approximate surface area is 405 Å². The number of hydrogen-bond acceptors (Lipinski definition) is 14. The van der Waals surface area contributed by atoms with Crippen LogP contribution in [0.5, 0.6) is 0 Å². The smallest absolute Gasteiger partial charge is 0.456 e. The molecule has 0 spiro atoms. The van der Waals surface area contributed by atoms with E-state index in [1.54, 1.807) is 64.0 Å². The van der Waals surface area contributed by atoms with Crippen molar-refractivity contribution in [2.75, 3.05) is 64.0 Å². The van der Waals surface area contributed by atoms with Gasteiger partial charge in [-0.05, 0) is 98.2 Å². The van der Waals surface area contributed by atoms with Crippen molar-refractivity contribution in [1.29, 1.82) is 0 Å². The third-order valence-corrected chi connectivity index (χ3v) is 22.8. The van der Waals surface area contributed by atoms with Gasteiger partial charge >= 0.3 is 37.6 Å². The van der Waals surface area contributed by atoms with E-state index in [0.29, 0.717) is 0 Å². The Morgan fingerprint density at radius 2 is 0.451 bits per heavy atom. The molecule has 0 unspecified atom stereocenters. The fourth-order valence-electron chi connectivity index (χ4n) is 2.92. The van der Waals surface area contributed by atoms with Crippen LogP contribution in [0.15, 0.2) is 0 Å². The summed E-state index contributed by atoms with van der Waals surface area (Å²) in [4.78, 5) is 0. The summed E-state index contributed by atoms with van der Waals surface area (Å²) in [6, 6.07) is 0. The first-order valence-electron chi connectivity index (χ1n) is 15.1. The summed E-state index contributed by atoms with van der Waals surface area (Å²) >= 11 is 0. The quantitative estimate of drug-likeness (QED) is 0.152. The molecule has 0 fully saturated rings. The molecule has 0 N–H and O–H groups in total. The third kappa shape index (κ3) is 61.7. The first-order chi connectivity index (χ1) is 21.7. The van der Waals surface area contributed by atoms with Gasteiger partial charge in [0.1, 0.15) is 0 Å². The summed E-state index contributed by atoms with van der Waals surface area (Å²) in [5.74, 6) is 0. The Bertz CT molecular complexity index is 606. The summed E-state index contributed by atoms with van der Waals surface area (Å²) in [6.07, 6.45) is 0. The first-order valence-corrected chi connectivity index (χ1v) is 37.8. The van der Waals surface area contributed by atoms with Gasteiger partial charge in [0, 0.05) is 162 Å². The van der Waals surface area contributed by atoms with E-state index in [9.17, 15) is 0 Å². The van der Waals surface area contributed by atoms with Crippen LogP contribution in [-0.4, -0.2) is 154 Å². The zero-order chi connectivity index (χ0) is 39.4. The first kappa shape index (κ1) is 73.5. The van der Waals surface area contributed by atoms with Gasteiger partial charge in [-0.2, -0.15) is 0 Å². The van der Waals surface area contributed by atoms with E-state index >= 15 is 0 Å². The minimum absolute atomic E-state index is 0. The monoisotopic (exact) mass is 1130 g/mol. The summed E-state index contributed by atoms with van der Waals surface area (Å²) in [5, 5.41) is 0. The molecule has 0 bridgehead atoms. The minimum atomic E-state index is -2.92. The molecule has 0 amide bonds. The second kappa shape index (κ2) is 43.0. The summed E-state index contributed by atoms with van der Waals surface area (Å²) in [7, 11) is 0.0482. The zero-order valence-corrected chi connectivity index (χ0v) is 55.0. The summed E-state index contributed by atoms with van der Waals surface area (Å²) < 4.78 is 72.8. The van der Waals surface area contributed by atoms with E-state index in [1.165, 1.54) is 0 Å². The van der Waals surface area contributed by atoms with Crippen LogP contribution in [0.1, 0.15) is 0 Å². The molecule has 0 saturated carbocycles. The molecule has 0 heterocycles. The molecule has 27 heteroatoms. The molecule has 0 aromatic heterocycles. The average Bonchev–Trinajstić information content (AvgIpc) is 2.89. The maximum Gasteiger partial charge on any atom is 0.636 e. The maximum atomic E-state index is 6.25. The van der Waals surface area contributed by atoms with Crippen molar-refractivity contribution in [3.63, 3.8) is 0 Å². The fraction of sp³-hybridized carbons (Fsp3) is 1.00. The predicted octanol–water partition coefficient (Wildman–Crippen LogP) is 5.47. The molecule has 9 radical (unpaired) electrons. The van der Waals surface area contributed by atoms with E-state index < -0.39 is 89.7 Å². The molecule has 0 aromatic rings. The van der Waals surface area contributed by atoms with E-state index in [-0.39, 0.29) is 98.1 Å². The van der Waals surface area contributed by atoms with Crippen molar-refractivity contribution >= 4 is 89.7 Å². The van der Waals surface area contributed by atoms with Gasteiger partial charge in [-0.1, -0.05) is 0 Å². The fourth-order valence-corrected chi connectivity index (χ4v) is 24.0. The molecule has 0 saturated heterocycles. The van der Waals surface area contributed by atoms with Crippen LogP contribution in [0.3, 0.4) is 0 Å². The minimum Gasteiger partial charge on any atom is -0.456 e. The molecule has 0 atom stereocenters. The second-order valence-electron chi connectivity index (χ2n) is 12.7. The Balaban J connectivity index is -0.0000000799. The van der Waals surface area contributed by atoms with Crippen molar-refractivity contribution in [3.05, 3.63) is 0 Å². The van der Waals surface area contributed by atoms with Gasteiger partial charge in [-0.25, -0.2) is 0 Å². The van der Waals surface area contributed by atoms with Crippen LogP contribution in [-0.2, 0) is 159 Å². The Morgan fingerprint density at radius 3 is 0.510 bits per heavy atom. The van der Waals surface area contributed by atoms with Gasteiger partial charge in [0.05, 0.1) is 0 Å². The van der Waals surface area contributed by atoms with E-state index in [4.69, 9.17) is 60.4 Å². The number of hydrogen-bond donors (Lipinski definition) is 0. The molecule has 0 aromatic carbocycles. The molecule has 51 heavy (non-hydrogen) atoms. The second-order valence-corrected chi connectivity index (χ2v) is 41.0. The molecule has 0 aliphatic carbocycles. The van der Waals surface area contributed by atoms with Gasteiger partial charge in [0.2, 0.25) is 0 Å². The van der Waals surface area contributed by atoms with Crippen LogP contribution in [0.2, 0.25) is 98.2 Å². The normalized spacial score (nSPS) is 11.6. The van der Waals surface area contributed by atoms with Gasteiger partial charge in [0.15, 0.2) is 52.1 Å². The third-order valence-electron chi connectivity index (χ3n) is 3.53. The Morgan fingerprint density at radius 1 is 0.294 bits per heavy atom. The molecular formula is C24H72O14Si10Y3. The molecule has 14 nitrogen and oxygen atoms in total. The van der Waals surface area contributed by atoms with E-state index in [2.05, 4.69) is 98.2 Å². The van der Waals surface area contributed by atoms with Crippen LogP contribution in [0.25, 0.3) is 0 Å². The molecule has 0 aliphatic heterocycles. The van der Waals surface area contributed by atoms with Gasteiger partial charge < -0.3 is 60.4 Å². The average molecular weight is 1130 g/mol. The Kier molecular flexibility index (Phi) is 62.0. The zero-order valence-electron chi connectivity index (χ0n) is 36.4. The van der Waals surface area contributed by atoms with Crippen LogP contribution in [0, 0.1) is 0 Å². The predicted molar refractivity (Wildman–Crippen MR) is 214 cm³/mol. The maximum absolute atomic E-state index is 6.25. The SMILES string of the molecule is CO[Si](OC)OC.CO[Si](OC)OC.CO[Si](OC)OC.C[Si](C)(C)O[Si](C)(C)C.C[Si](C)O[Si](O[Si](C)C)(O[Si](C)C)O[Si](C)(C)C.[Y].[Y].[Y]. The number of rotatable bonds is 19. The van der Waals surface area contributed by atoms with E-state index in [1.807, 2.05) is 0 Å². The van der Waals surface area contributed by atoms with E-state index in [0.717, 1.165) is 0 Å². The van der Waals surface area contributed by atoms with Gasteiger partial charge in [0.25, 0.3) is 0 Å². The Hall–Kier alpha value is 4.92. The van der Waals surface area contributed by atoms with Crippen LogP contribution in [0.4, 0.5) is 0 Å². The standard InChI is InChI=1S/C9H27O4Si5.C6H18OSi2.3C3H9O3Si.3Y/c1-14(2)10-18(11-15(3)4,12-16(5)6)13-17(7,8)9;1-8(2,3)7-9(4,5)6;3*1-4-7(5-2)6-3;;;/h1-9H3;1-6H3;3*1-3H3;;;. The molecule has 0 aliphatic rings. The molecular weight excluding hydrogens is 1060 g/mol. The van der Waals surface area contributed by atoms with Crippen LogP contribution < -0.4 is 0 Å². The summed E-state index contributed by atoms with van der Waals surface area (Å²) in [6.45, 7) is 32.5. The summed E-state index contributed by atoms with van der Waals surface area (Å²) in [5.41, 5.74) is 0. The topological polar surface area (TPSA) is 129 Å². The molecule has 301 valence electrons. The van der Waals surface area contributed by atoms with Crippen molar-refractivity contribution in [1.82, 2.24) is 0 Å². The van der Waals surface area contributed by atoms with Crippen molar-refractivity contribution in [3.8, 4) is 0 Å². The van der Waals surface area contributed by atoms with Crippen molar-refractivity contribution < 1.29 is 159 Å². The van der Waals surface area contributed by atoms with Gasteiger partial charge in [-0.3, -0.25) is 0 Å². The van der Waals surface area contributed by atoms with Crippen molar-refractivity contribution in [2.45, 2.75) is 98.2 Å².